The van der Waals surface area contributed by atoms with Crippen molar-refractivity contribution in [3.8, 4) is 11.5 Å². The van der Waals surface area contributed by atoms with Gasteiger partial charge in [0.15, 0.2) is 0 Å². The quantitative estimate of drug-likeness (QED) is 0.575. The number of hydrogen-bond acceptors (Lipinski definition) is 4. The summed E-state index contributed by atoms with van der Waals surface area (Å²) in [5.74, 6) is -1.00. The van der Waals surface area contributed by atoms with E-state index in [9.17, 15) is 15.0 Å². The average molecular weight is 210 g/mol. The highest BCUT2D eigenvalue weighted by molar-refractivity contribution is 5.78. The molecule has 1 aromatic rings. The summed E-state index contributed by atoms with van der Waals surface area (Å²) in [6.45, 7) is 3.28. The Balaban J connectivity index is 3.14. The van der Waals surface area contributed by atoms with E-state index in [4.69, 9.17) is 0 Å². The van der Waals surface area contributed by atoms with Gasteiger partial charge in [-0.15, -0.1) is 0 Å². The van der Waals surface area contributed by atoms with E-state index >= 15 is 0 Å². The van der Waals surface area contributed by atoms with E-state index in [1.54, 1.807) is 13.8 Å². The first-order valence-electron chi connectivity index (χ1n) is 4.57. The molecule has 1 rings (SSSR count). The lowest BCUT2D eigenvalue weighted by Gasteiger charge is -2.12. The summed E-state index contributed by atoms with van der Waals surface area (Å²) in [6.07, 6.45) is 0. The Labute approximate surface area is 88.1 Å². The van der Waals surface area contributed by atoms with Crippen molar-refractivity contribution in [2.24, 2.45) is 0 Å². The Morgan fingerprint density at radius 1 is 1.33 bits per heavy atom. The van der Waals surface area contributed by atoms with E-state index < -0.39 is 11.9 Å². The molecule has 2 N–H and O–H groups in total. The summed E-state index contributed by atoms with van der Waals surface area (Å²) in [5, 5.41) is 19.1. The second-order valence-corrected chi connectivity index (χ2v) is 3.44. The van der Waals surface area contributed by atoms with E-state index in [0.717, 1.165) is 0 Å². The number of ether oxygens (including phenoxy) is 1. The highest BCUT2D eigenvalue weighted by atomic mass is 16.5. The predicted octanol–water partition coefficient (Wildman–Crippen LogP) is 1.68. The molecule has 15 heavy (non-hydrogen) atoms. The molecule has 4 nitrogen and oxygen atoms in total. The summed E-state index contributed by atoms with van der Waals surface area (Å²) >= 11 is 0. The molecule has 0 spiro atoms. The van der Waals surface area contributed by atoms with Crippen LogP contribution in [0.4, 0.5) is 0 Å². The molecular formula is C11H14O4. The van der Waals surface area contributed by atoms with Crippen LogP contribution in [-0.4, -0.2) is 23.3 Å². The van der Waals surface area contributed by atoms with Crippen molar-refractivity contribution >= 4 is 5.97 Å². The van der Waals surface area contributed by atoms with Crippen molar-refractivity contribution in [3.63, 3.8) is 0 Å². The minimum Gasteiger partial charge on any atom is -0.508 e. The van der Waals surface area contributed by atoms with Gasteiger partial charge in [-0.05, 0) is 31.5 Å². The topological polar surface area (TPSA) is 66.8 Å². The van der Waals surface area contributed by atoms with Gasteiger partial charge in [-0.1, -0.05) is 0 Å². The Morgan fingerprint density at radius 2 is 1.93 bits per heavy atom. The molecule has 0 heterocycles. The average Bonchev–Trinajstić information content (AvgIpc) is 2.21. The molecule has 0 saturated heterocycles. The van der Waals surface area contributed by atoms with Crippen molar-refractivity contribution in [2.75, 3.05) is 7.11 Å². The van der Waals surface area contributed by atoms with Crippen molar-refractivity contribution in [1.29, 1.82) is 0 Å². The van der Waals surface area contributed by atoms with Gasteiger partial charge in [-0.2, -0.15) is 0 Å². The first kappa shape index (κ1) is 11.4. The SMILES string of the molecule is COC(=O)C(C)c1cc(O)c(C)cc1O. The molecule has 0 fully saturated rings. The van der Waals surface area contributed by atoms with Crippen LogP contribution in [-0.2, 0) is 9.53 Å². The van der Waals surface area contributed by atoms with Crippen LogP contribution in [0, 0.1) is 6.92 Å². The number of carbonyl (C=O) groups is 1. The van der Waals surface area contributed by atoms with Crippen LogP contribution in [0.5, 0.6) is 11.5 Å². The fourth-order valence-electron chi connectivity index (χ4n) is 1.35. The Morgan fingerprint density at radius 3 is 2.47 bits per heavy atom. The van der Waals surface area contributed by atoms with E-state index in [2.05, 4.69) is 4.74 Å². The van der Waals surface area contributed by atoms with Crippen LogP contribution in [0.1, 0.15) is 24.0 Å². The number of aryl methyl sites for hydroxylation is 1. The first-order valence-corrected chi connectivity index (χ1v) is 4.57. The second kappa shape index (κ2) is 4.21. The fourth-order valence-corrected chi connectivity index (χ4v) is 1.35. The second-order valence-electron chi connectivity index (χ2n) is 3.44. The van der Waals surface area contributed by atoms with Crippen molar-refractivity contribution in [2.45, 2.75) is 19.8 Å². The van der Waals surface area contributed by atoms with Crippen LogP contribution in [0.15, 0.2) is 12.1 Å². The van der Waals surface area contributed by atoms with Crippen LogP contribution in [0.2, 0.25) is 0 Å². The first-order chi connectivity index (χ1) is 6.97. The standard InChI is InChI=1S/C11H14O4/c1-6-4-10(13)8(5-9(6)12)7(2)11(14)15-3/h4-5,7,12-13H,1-3H3. The highest BCUT2D eigenvalue weighted by Crippen LogP contribution is 2.32. The van der Waals surface area contributed by atoms with Crippen molar-refractivity contribution in [1.82, 2.24) is 0 Å². The monoisotopic (exact) mass is 210 g/mol. The van der Waals surface area contributed by atoms with Gasteiger partial charge >= 0.3 is 5.97 Å². The van der Waals surface area contributed by atoms with Crippen LogP contribution in [0.3, 0.4) is 0 Å². The molecule has 82 valence electrons. The van der Waals surface area contributed by atoms with Gasteiger partial charge in [0.2, 0.25) is 0 Å². The van der Waals surface area contributed by atoms with Crippen LogP contribution in [0.25, 0.3) is 0 Å². The molecule has 0 bridgehead atoms. The lowest BCUT2D eigenvalue weighted by molar-refractivity contribution is -0.142. The summed E-state index contributed by atoms with van der Waals surface area (Å²) in [4.78, 5) is 11.2. The zero-order valence-electron chi connectivity index (χ0n) is 8.94. The van der Waals surface area contributed by atoms with Gasteiger partial charge in [-0.3, -0.25) is 4.79 Å². The summed E-state index contributed by atoms with van der Waals surface area (Å²) in [6, 6.07) is 2.80. The maximum absolute atomic E-state index is 11.2. The van der Waals surface area contributed by atoms with E-state index in [0.29, 0.717) is 11.1 Å². The number of hydrogen-bond donors (Lipinski definition) is 2. The summed E-state index contributed by atoms with van der Waals surface area (Å²) in [5.41, 5.74) is 0.929. The molecule has 0 aromatic heterocycles. The van der Waals surface area contributed by atoms with E-state index in [-0.39, 0.29) is 11.5 Å². The molecule has 0 aliphatic heterocycles. The molecule has 0 aliphatic rings. The zero-order valence-corrected chi connectivity index (χ0v) is 8.94. The Hall–Kier alpha value is -1.71. The molecule has 0 amide bonds. The van der Waals surface area contributed by atoms with Gasteiger partial charge in [-0.25, -0.2) is 0 Å². The minimum absolute atomic E-state index is 0.0109. The smallest absolute Gasteiger partial charge is 0.312 e. The molecule has 4 heteroatoms. The van der Waals surface area contributed by atoms with Gasteiger partial charge in [0.25, 0.3) is 0 Å². The van der Waals surface area contributed by atoms with Gasteiger partial charge in [0, 0.05) is 5.56 Å². The molecular weight excluding hydrogens is 196 g/mol. The van der Waals surface area contributed by atoms with E-state index in [1.165, 1.54) is 19.2 Å². The molecule has 1 aromatic carbocycles. The molecule has 1 atom stereocenters. The fraction of sp³-hybridized carbons (Fsp3) is 0.364. The van der Waals surface area contributed by atoms with E-state index in [1.807, 2.05) is 0 Å². The number of esters is 1. The number of phenolic OH excluding ortho intramolecular Hbond substituents is 2. The highest BCUT2D eigenvalue weighted by Gasteiger charge is 2.20. The largest absolute Gasteiger partial charge is 0.508 e. The van der Waals surface area contributed by atoms with Crippen molar-refractivity contribution < 1.29 is 19.7 Å². The zero-order chi connectivity index (χ0) is 11.6. The lowest BCUT2D eigenvalue weighted by Crippen LogP contribution is -2.10. The Bertz CT molecular complexity index is 384. The van der Waals surface area contributed by atoms with Crippen molar-refractivity contribution in [3.05, 3.63) is 23.3 Å². The van der Waals surface area contributed by atoms with Gasteiger partial charge in [0.1, 0.15) is 11.5 Å². The maximum atomic E-state index is 11.2. The van der Waals surface area contributed by atoms with Gasteiger partial charge < -0.3 is 14.9 Å². The van der Waals surface area contributed by atoms with Crippen LogP contribution >= 0.6 is 0 Å². The molecule has 0 aliphatic carbocycles. The summed E-state index contributed by atoms with van der Waals surface area (Å²) < 4.78 is 4.56. The minimum atomic E-state index is -0.596. The van der Waals surface area contributed by atoms with Gasteiger partial charge in [0.05, 0.1) is 13.0 Å². The third-order valence-electron chi connectivity index (χ3n) is 2.37. The van der Waals surface area contributed by atoms with Crippen LogP contribution < -0.4 is 0 Å². The molecule has 0 saturated carbocycles. The number of aromatic hydroxyl groups is 2. The Kier molecular flexibility index (Phi) is 3.19. The normalized spacial score (nSPS) is 12.2. The third-order valence-corrected chi connectivity index (χ3v) is 2.37. The maximum Gasteiger partial charge on any atom is 0.312 e. The predicted molar refractivity (Wildman–Crippen MR) is 54.9 cm³/mol. The number of methoxy groups -OCH3 is 1. The molecule has 0 radical (unpaired) electrons. The number of carbonyl (C=O) groups excluding carboxylic acids is 1. The number of benzene rings is 1. The number of phenols is 2. The summed E-state index contributed by atoms with van der Waals surface area (Å²) in [7, 11) is 1.28. The number of rotatable bonds is 2. The lowest BCUT2D eigenvalue weighted by atomic mass is 9.98. The third kappa shape index (κ3) is 2.21. The molecule has 1 unspecified atom stereocenters.